The summed E-state index contributed by atoms with van der Waals surface area (Å²) in [6, 6.07) is 8.34. The summed E-state index contributed by atoms with van der Waals surface area (Å²) in [6.45, 7) is 0. The van der Waals surface area contributed by atoms with E-state index in [-0.39, 0.29) is 23.2 Å². The molecule has 0 radical (unpaired) electrons. The molecule has 1 aliphatic rings. The summed E-state index contributed by atoms with van der Waals surface area (Å²) in [7, 11) is 2.99. The van der Waals surface area contributed by atoms with Gasteiger partial charge in [-0.2, -0.15) is 5.10 Å². The first-order valence-corrected chi connectivity index (χ1v) is 9.71. The number of carboxylic acid groups (broad SMARTS) is 1. The first kappa shape index (κ1) is 21.5. The number of carbonyl (C=O) groups is 1. The van der Waals surface area contributed by atoms with E-state index in [2.05, 4.69) is 10.4 Å². The molecule has 1 aliphatic heterocycles. The van der Waals surface area contributed by atoms with Gasteiger partial charge in [-0.05, 0) is 42.3 Å². The Morgan fingerprint density at radius 1 is 1.16 bits per heavy atom. The zero-order valence-electron chi connectivity index (χ0n) is 17.2. The lowest BCUT2D eigenvalue weighted by atomic mass is 9.97. The number of hydrogen-bond acceptors (Lipinski definition) is 5. The Bertz CT molecular complexity index is 1170. The number of nitrogens with zero attached hydrogens (tertiary/aromatic N) is 2. The molecule has 0 spiro atoms. The van der Waals surface area contributed by atoms with E-state index in [1.54, 1.807) is 18.2 Å². The van der Waals surface area contributed by atoms with Gasteiger partial charge in [-0.1, -0.05) is 6.07 Å². The number of aromatic carboxylic acids is 1. The van der Waals surface area contributed by atoms with Crippen molar-refractivity contribution >= 4 is 11.8 Å². The molecule has 0 bridgehead atoms. The number of carboxylic acids is 1. The highest BCUT2D eigenvalue weighted by molar-refractivity contribution is 5.88. The first-order chi connectivity index (χ1) is 15.3. The van der Waals surface area contributed by atoms with Crippen molar-refractivity contribution in [3.63, 3.8) is 0 Å². The Hall–Kier alpha value is -3.69. The third-order valence-electron chi connectivity index (χ3n) is 5.44. The number of benzene rings is 2. The van der Waals surface area contributed by atoms with E-state index >= 15 is 0 Å². The molecular formula is C22H20F3N3O4. The Balaban J connectivity index is 1.71. The zero-order chi connectivity index (χ0) is 23.0. The van der Waals surface area contributed by atoms with Crippen LogP contribution in [0.1, 0.15) is 34.4 Å². The lowest BCUT2D eigenvalue weighted by Gasteiger charge is -2.32. The molecule has 0 amide bonds. The predicted molar refractivity (Wildman–Crippen MR) is 110 cm³/mol. The van der Waals surface area contributed by atoms with Gasteiger partial charge in [0, 0.05) is 11.6 Å². The number of methoxy groups -OCH3 is 2. The predicted octanol–water partition coefficient (Wildman–Crippen LogP) is 4.77. The van der Waals surface area contributed by atoms with Crippen LogP contribution >= 0.6 is 0 Å². The average molecular weight is 447 g/mol. The summed E-state index contributed by atoms with van der Waals surface area (Å²) in [4.78, 5) is 11.0. The third kappa shape index (κ3) is 3.83. The van der Waals surface area contributed by atoms with Crippen molar-refractivity contribution < 1.29 is 32.5 Å². The largest absolute Gasteiger partial charge is 0.493 e. The van der Waals surface area contributed by atoms with Gasteiger partial charge in [0.15, 0.2) is 11.5 Å². The van der Waals surface area contributed by atoms with Crippen LogP contribution < -0.4 is 14.8 Å². The first-order valence-electron chi connectivity index (χ1n) is 9.71. The maximum absolute atomic E-state index is 14.5. The van der Waals surface area contributed by atoms with E-state index < -0.39 is 30.3 Å². The van der Waals surface area contributed by atoms with Crippen molar-refractivity contribution in [2.45, 2.75) is 24.9 Å². The molecule has 2 aromatic carbocycles. The van der Waals surface area contributed by atoms with Gasteiger partial charge >= 0.3 is 5.97 Å². The second-order valence-electron chi connectivity index (χ2n) is 7.31. The number of nitrogens with one attached hydrogen (secondary N) is 1. The number of alkyl halides is 2. The van der Waals surface area contributed by atoms with Gasteiger partial charge in [0.1, 0.15) is 17.7 Å². The summed E-state index contributed by atoms with van der Waals surface area (Å²) in [5, 5.41) is 16.4. The lowest BCUT2D eigenvalue weighted by molar-refractivity contribution is 0.0658. The topological polar surface area (TPSA) is 85.6 Å². The highest BCUT2D eigenvalue weighted by atomic mass is 19.3. The molecule has 2 unspecified atom stereocenters. The van der Waals surface area contributed by atoms with E-state index in [4.69, 9.17) is 14.6 Å². The second kappa shape index (κ2) is 8.45. The molecule has 0 saturated heterocycles. The van der Waals surface area contributed by atoms with Crippen molar-refractivity contribution in [2.75, 3.05) is 19.5 Å². The number of hydrogen-bond donors (Lipinski definition) is 2. The number of aromatic nitrogens is 2. The fourth-order valence-electron chi connectivity index (χ4n) is 3.82. The van der Waals surface area contributed by atoms with Gasteiger partial charge in [-0.3, -0.25) is 0 Å². The quantitative estimate of drug-likeness (QED) is 0.566. The van der Waals surface area contributed by atoms with Crippen molar-refractivity contribution in [2.24, 2.45) is 0 Å². The molecule has 0 fully saturated rings. The maximum Gasteiger partial charge on any atom is 0.335 e. The third-order valence-corrected chi connectivity index (χ3v) is 5.44. The van der Waals surface area contributed by atoms with Gasteiger partial charge in [0.05, 0.1) is 31.5 Å². The van der Waals surface area contributed by atoms with Crippen LogP contribution in [0.2, 0.25) is 0 Å². The average Bonchev–Trinajstić information content (AvgIpc) is 3.21. The van der Waals surface area contributed by atoms with E-state index in [0.29, 0.717) is 17.3 Å². The van der Waals surface area contributed by atoms with E-state index in [1.165, 1.54) is 32.4 Å². The van der Waals surface area contributed by atoms with Crippen LogP contribution in [-0.2, 0) is 0 Å². The highest BCUT2D eigenvalue weighted by Gasteiger charge is 2.35. The minimum absolute atomic E-state index is 0.0226. The van der Waals surface area contributed by atoms with Crippen LogP contribution in [0.4, 0.5) is 19.0 Å². The molecule has 0 aliphatic carbocycles. The van der Waals surface area contributed by atoms with E-state index in [9.17, 15) is 18.0 Å². The number of fused-ring (bicyclic) bond motifs is 1. The van der Waals surface area contributed by atoms with Gasteiger partial charge in [0.25, 0.3) is 6.43 Å². The molecule has 3 aromatic rings. The van der Waals surface area contributed by atoms with Crippen LogP contribution in [-0.4, -0.2) is 41.5 Å². The van der Waals surface area contributed by atoms with Gasteiger partial charge in [-0.25, -0.2) is 22.6 Å². The Morgan fingerprint density at radius 2 is 1.91 bits per heavy atom. The van der Waals surface area contributed by atoms with Gasteiger partial charge < -0.3 is 19.9 Å². The van der Waals surface area contributed by atoms with Gasteiger partial charge in [-0.15, -0.1) is 0 Å². The molecule has 2 N–H and O–H groups in total. The van der Waals surface area contributed by atoms with Crippen LogP contribution in [0.25, 0.3) is 11.3 Å². The summed E-state index contributed by atoms with van der Waals surface area (Å²) in [6.07, 6.45) is -2.66. The van der Waals surface area contributed by atoms with Crippen molar-refractivity contribution in [1.82, 2.24) is 9.78 Å². The van der Waals surface area contributed by atoms with Crippen molar-refractivity contribution in [3.05, 3.63) is 59.4 Å². The Morgan fingerprint density at radius 3 is 2.53 bits per heavy atom. The molecule has 32 heavy (non-hydrogen) atoms. The SMILES string of the molecule is COc1ccc(C2CC(C(F)F)n3nc(-c4ccc(C(=O)O)cc4F)cc3N2)cc1OC. The number of rotatable bonds is 6. The maximum atomic E-state index is 14.5. The molecule has 2 heterocycles. The summed E-state index contributed by atoms with van der Waals surface area (Å²) in [5.74, 6) is -0.772. The van der Waals surface area contributed by atoms with E-state index in [1.807, 2.05) is 0 Å². The Labute approximate surface area is 181 Å². The normalized spacial score (nSPS) is 17.6. The molecule has 2 atom stereocenters. The van der Waals surface area contributed by atoms with Crippen LogP contribution in [0.15, 0.2) is 42.5 Å². The fourth-order valence-corrected chi connectivity index (χ4v) is 3.82. The van der Waals surface area contributed by atoms with Crippen LogP contribution in [0.5, 0.6) is 11.5 Å². The fraction of sp³-hybridized carbons (Fsp3) is 0.273. The second-order valence-corrected chi connectivity index (χ2v) is 7.31. The van der Waals surface area contributed by atoms with Gasteiger partial charge in [0.2, 0.25) is 0 Å². The molecule has 4 rings (SSSR count). The standard InChI is InChI=1S/C22H20F3N3O4/c1-31-18-6-4-11(8-19(18)32-2)15-9-17(21(24)25)28-20(26-15)10-16(27-28)13-5-3-12(22(29)30)7-14(13)23/h3-8,10,15,17,21,26H,9H2,1-2H3,(H,29,30). The number of anilines is 1. The van der Waals surface area contributed by atoms with Crippen LogP contribution in [0.3, 0.4) is 0 Å². The Kier molecular flexibility index (Phi) is 5.68. The monoisotopic (exact) mass is 447 g/mol. The van der Waals surface area contributed by atoms with E-state index in [0.717, 1.165) is 16.3 Å². The molecule has 1 aromatic heterocycles. The highest BCUT2D eigenvalue weighted by Crippen LogP contribution is 2.41. The summed E-state index contributed by atoms with van der Waals surface area (Å²) in [5.41, 5.74) is 0.654. The minimum Gasteiger partial charge on any atom is -0.493 e. The van der Waals surface area contributed by atoms with Crippen molar-refractivity contribution in [3.8, 4) is 22.8 Å². The molecule has 0 saturated carbocycles. The lowest BCUT2D eigenvalue weighted by Crippen LogP contribution is -2.30. The molecule has 168 valence electrons. The number of ether oxygens (including phenoxy) is 2. The summed E-state index contributed by atoms with van der Waals surface area (Å²) >= 11 is 0. The molecule has 7 nitrogen and oxygen atoms in total. The molecular weight excluding hydrogens is 427 g/mol. The zero-order valence-corrected chi connectivity index (χ0v) is 17.2. The number of halogens is 3. The van der Waals surface area contributed by atoms with Crippen LogP contribution in [0, 0.1) is 5.82 Å². The van der Waals surface area contributed by atoms with Crippen molar-refractivity contribution in [1.29, 1.82) is 0 Å². The minimum atomic E-state index is -2.70. The molecule has 10 heteroatoms. The smallest absolute Gasteiger partial charge is 0.335 e. The summed E-state index contributed by atoms with van der Waals surface area (Å²) < 4.78 is 54.0.